The Balaban J connectivity index is 3.07. The van der Waals surface area contributed by atoms with E-state index in [2.05, 4.69) is 9.97 Å². The Morgan fingerprint density at radius 3 is 2.80 bits per heavy atom. The van der Waals surface area contributed by atoms with Crippen molar-refractivity contribution in [2.45, 2.75) is 5.03 Å². The van der Waals surface area contributed by atoms with E-state index in [1.807, 2.05) is 0 Å². The Morgan fingerprint density at radius 1 is 1.70 bits per heavy atom. The van der Waals surface area contributed by atoms with Gasteiger partial charge >= 0.3 is 0 Å². The van der Waals surface area contributed by atoms with Crippen LogP contribution in [0.2, 0.25) is 5.28 Å². The Hall–Kier alpha value is -0.520. The highest BCUT2D eigenvalue weighted by atomic mass is 35.5. The summed E-state index contributed by atoms with van der Waals surface area (Å²) in [5.41, 5.74) is 0. The molecule has 10 heavy (non-hydrogen) atoms. The van der Waals surface area contributed by atoms with Crippen molar-refractivity contribution in [3.63, 3.8) is 0 Å². The molecule has 0 fully saturated rings. The summed E-state index contributed by atoms with van der Waals surface area (Å²) in [5.74, 6) is 0. The normalized spacial score (nSPS) is 13.0. The van der Waals surface area contributed by atoms with Gasteiger partial charge in [-0.25, -0.2) is 14.2 Å². The predicted octanol–water partition coefficient (Wildman–Crippen LogP) is 0.711. The molecule has 54 valence electrons. The van der Waals surface area contributed by atoms with Crippen molar-refractivity contribution in [3.8, 4) is 0 Å². The molecule has 0 bridgehead atoms. The first kappa shape index (κ1) is 7.59. The lowest BCUT2D eigenvalue weighted by atomic mass is 10.7. The molecule has 0 aliphatic carbocycles. The van der Waals surface area contributed by atoms with E-state index in [4.69, 9.17) is 16.2 Å². The van der Waals surface area contributed by atoms with Gasteiger partial charge in [0.2, 0.25) is 16.4 Å². The molecule has 1 aromatic rings. The monoisotopic (exact) mass is 178 g/mol. The zero-order valence-corrected chi connectivity index (χ0v) is 6.26. The summed E-state index contributed by atoms with van der Waals surface area (Å²) >= 11 is 3.25. The average Bonchev–Trinajstić information content (AvgIpc) is 1.88. The van der Waals surface area contributed by atoms with Gasteiger partial charge in [0.25, 0.3) is 0 Å². The first-order valence-electron chi connectivity index (χ1n) is 2.29. The van der Waals surface area contributed by atoms with Gasteiger partial charge in [-0.1, -0.05) is 0 Å². The molecule has 0 spiro atoms. The molecule has 1 rings (SSSR count). The first-order chi connectivity index (χ1) is 4.70. The van der Waals surface area contributed by atoms with Crippen molar-refractivity contribution < 1.29 is 8.76 Å². The lowest BCUT2D eigenvalue weighted by Crippen LogP contribution is -1.93. The van der Waals surface area contributed by atoms with Crippen LogP contribution in [0.1, 0.15) is 0 Å². The van der Waals surface area contributed by atoms with Crippen molar-refractivity contribution in [2.75, 3.05) is 0 Å². The maximum Gasteiger partial charge on any atom is 0.223 e. The summed E-state index contributed by atoms with van der Waals surface area (Å²) in [7, 11) is 0. The predicted molar refractivity (Wildman–Crippen MR) is 36.1 cm³/mol. The molecule has 0 amide bonds. The molecule has 1 atom stereocenters. The van der Waals surface area contributed by atoms with Crippen LogP contribution in [0.25, 0.3) is 0 Å². The van der Waals surface area contributed by atoms with Crippen molar-refractivity contribution >= 4 is 22.7 Å². The van der Waals surface area contributed by atoms with Crippen molar-refractivity contribution in [1.29, 1.82) is 0 Å². The van der Waals surface area contributed by atoms with E-state index in [0.717, 1.165) is 0 Å². The molecule has 0 saturated carbocycles. The van der Waals surface area contributed by atoms with E-state index in [1.54, 1.807) is 0 Å². The highest BCUT2D eigenvalue weighted by molar-refractivity contribution is 7.79. The molecule has 0 saturated heterocycles. The minimum Gasteiger partial charge on any atom is -0.301 e. The van der Waals surface area contributed by atoms with Gasteiger partial charge in [-0.3, -0.25) is 0 Å². The number of hydrogen-bond acceptors (Lipinski definition) is 3. The molecule has 1 unspecified atom stereocenters. The van der Waals surface area contributed by atoms with Crippen LogP contribution in [-0.2, 0) is 11.1 Å². The quantitative estimate of drug-likeness (QED) is 0.391. The van der Waals surface area contributed by atoms with Crippen LogP contribution in [-0.4, -0.2) is 18.7 Å². The van der Waals surface area contributed by atoms with Gasteiger partial charge < -0.3 is 4.55 Å². The first-order valence-corrected chi connectivity index (χ1v) is 3.78. The number of nitrogens with zero attached hydrogens (tertiary/aromatic N) is 2. The van der Waals surface area contributed by atoms with Crippen LogP contribution in [0.15, 0.2) is 17.3 Å². The largest absolute Gasteiger partial charge is 0.301 e. The van der Waals surface area contributed by atoms with E-state index in [1.165, 1.54) is 12.3 Å². The van der Waals surface area contributed by atoms with E-state index >= 15 is 0 Å². The molecule has 4 nitrogen and oxygen atoms in total. The van der Waals surface area contributed by atoms with Crippen LogP contribution in [0.3, 0.4) is 0 Å². The summed E-state index contributed by atoms with van der Waals surface area (Å²) in [6, 6.07) is 1.32. The summed E-state index contributed by atoms with van der Waals surface area (Å²) in [6.45, 7) is 0. The second-order valence-electron chi connectivity index (χ2n) is 1.41. The Kier molecular flexibility index (Phi) is 2.31. The summed E-state index contributed by atoms with van der Waals surface area (Å²) in [4.78, 5) is 7.01. The van der Waals surface area contributed by atoms with Crippen LogP contribution in [0.5, 0.6) is 0 Å². The smallest absolute Gasteiger partial charge is 0.223 e. The number of hydrogen-bond donors (Lipinski definition) is 1. The van der Waals surface area contributed by atoms with Gasteiger partial charge in [-0.2, -0.15) is 0 Å². The molecular weight excluding hydrogens is 176 g/mol. The molecule has 1 N–H and O–H groups in total. The van der Waals surface area contributed by atoms with Gasteiger partial charge in [0.05, 0.1) is 0 Å². The minimum absolute atomic E-state index is 0.0139. The van der Waals surface area contributed by atoms with Crippen LogP contribution >= 0.6 is 11.6 Å². The van der Waals surface area contributed by atoms with E-state index in [9.17, 15) is 4.21 Å². The third-order valence-corrected chi connectivity index (χ3v) is 1.55. The molecule has 0 aliphatic heterocycles. The number of aromatic nitrogens is 2. The highest BCUT2D eigenvalue weighted by Gasteiger charge is 2.00. The standard InChI is InChI=1S/C4H3ClN2O2S/c5-4-6-2-1-3(7-4)10(8)9/h1-2H,(H,8,9). The molecule has 1 aromatic heterocycles. The SMILES string of the molecule is O=S(O)c1ccnc(Cl)n1. The maximum absolute atomic E-state index is 10.3. The third-order valence-electron chi connectivity index (χ3n) is 0.780. The van der Waals surface area contributed by atoms with Crippen LogP contribution in [0, 0.1) is 0 Å². The molecule has 0 aromatic carbocycles. The van der Waals surface area contributed by atoms with E-state index in [0.29, 0.717) is 0 Å². The molecule has 0 radical (unpaired) electrons. The van der Waals surface area contributed by atoms with Gasteiger partial charge in [-0.05, 0) is 17.7 Å². The van der Waals surface area contributed by atoms with E-state index in [-0.39, 0.29) is 10.3 Å². The van der Waals surface area contributed by atoms with Gasteiger partial charge in [0, 0.05) is 6.20 Å². The van der Waals surface area contributed by atoms with Crippen molar-refractivity contribution in [2.24, 2.45) is 0 Å². The summed E-state index contributed by atoms with van der Waals surface area (Å²) in [5, 5.41) is -0.0140. The summed E-state index contributed by atoms with van der Waals surface area (Å²) < 4.78 is 18.8. The highest BCUT2D eigenvalue weighted by Crippen LogP contribution is 2.02. The Morgan fingerprint density at radius 2 is 2.40 bits per heavy atom. The second kappa shape index (κ2) is 3.05. The molecule has 1 heterocycles. The third kappa shape index (κ3) is 1.73. The van der Waals surface area contributed by atoms with E-state index < -0.39 is 11.1 Å². The fourth-order valence-electron chi connectivity index (χ4n) is 0.417. The Bertz CT molecular complexity index is 267. The van der Waals surface area contributed by atoms with Gasteiger partial charge in [0.15, 0.2) is 5.03 Å². The van der Waals surface area contributed by atoms with Crippen molar-refractivity contribution in [1.82, 2.24) is 9.97 Å². The lowest BCUT2D eigenvalue weighted by molar-refractivity contribution is 0.560. The van der Waals surface area contributed by atoms with Gasteiger partial charge in [0.1, 0.15) is 0 Å². The van der Waals surface area contributed by atoms with Crippen LogP contribution in [0.4, 0.5) is 0 Å². The maximum atomic E-state index is 10.3. The topological polar surface area (TPSA) is 63.1 Å². The Labute approximate surface area is 64.6 Å². The average molecular weight is 179 g/mol. The van der Waals surface area contributed by atoms with Crippen LogP contribution < -0.4 is 0 Å². The second-order valence-corrected chi connectivity index (χ2v) is 2.67. The zero-order valence-electron chi connectivity index (χ0n) is 4.69. The number of halogens is 1. The van der Waals surface area contributed by atoms with Gasteiger partial charge in [-0.15, -0.1) is 0 Å². The minimum atomic E-state index is -2.07. The summed E-state index contributed by atoms with van der Waals surface area (Å²) in [6.07, 6.45) is 1.32. The fourth-order valence-corrected chi connectivity index (χ4v) is 0.956. The lowest BCUT2D eigenvalue weighted by Gasteiger charge is -1.91. The molecular formula is C4H3ClN2O2S. The zero-order chi connectivity index (χ0) is 7.56. The van der Waals surface area contributed by atoms with Crippen molar-refractivity contribution in [3.05, 3.63) is 17.5 Å². The molecule has 0 aliphatic rings. The molecule has 6 heteroatoms. The fraction of sp³-hybridized carbons (Fsp3) is 0. The number of rotatable bonds is 1.